The molecule has 3 rings (SSSR count). The largest absolute Gasteiger partial charge is 0.349 e. The second-order valence-electron chi connectivity index (χ2n) is 7.09. The van der Waals surface area contributed by atoms with Gasteiger partial charge in [0.2, 0.25) is 5.91 Å². The van der Waals surface area contributed by atoms with Crippen molar-refractivity contribution in [3.05, 3.63) is 34.6 Å². The van der Waals surface area contributed by atoms with Gasteiger partial charge >= 0.3 is 0 Å². The first-order chi connectivity index (χ1) is 11.0. The number of carbonyl (C=O) groups excluding carboxylic acids is 1. The highest BCUT2D eigenvalue weighted by Crippen LogP contribution is 2.42. The lowest BCUT2D eigenvalue weighted by atomic mass is 9.65. The second-order valence-corrected chi connectivity index (χ2v) is 7.50. The van der Waals surface area contributed by atoms with E-state index >= 15 is 0 Å². The second kappa shape index (κ2) is 6.78. The van der Waals surface area contributed by atoms with Crippen molar-refractivity contribution in [2.75, 3.05) is 0 Å². The van der Waals surface area contributed by atoms with Crippen LogP contribution in [0.25, 0.3) is 0 Å². The summed E-state index contributed by atoms with van der Waals surface area (Å²) in [6.45, 7) is 1.88. The molecule has 2 bridgehead atoms. The lowest BCUT2D eigenvalue weighted by molar-refractivity contribution is -0.128. The smallest absolute Gasteiger partial charge is 0.223 e. The highest BCUT2D eigenvalue weighted by atomic mass is 35.5. The van der Waals surface area contributed by atoms with E-state index in [-0.39, 0.29) is 29.7 Å². The SMILES string of the molecule is CC(NC(=O)C1CC2CCCC(C1)C2N)c1ccc(F)cc1Cl. The maximum atomic E-state index is 13.1. The molecule has 126 valence electrons. The molecule has 0 heterocycles. The highest BCUT2D eigenvalue weighted by molar-refractivity contribution is 6.31. The summed E-state index contributed by atoms with van der Waals surface area (Å²) in [7, 11) is 0. The van der Waals surface area contributed by atoms with Gasteiger partial charge in [-0.2, -0.15) is 0 Å². The molecule has 0 aliphatic heterocycles. The Labute approximate surface area is 141 Å². The Kier molecular flexibility index (Phi) is 4.93. The van der Waals surface area contributed by atoms with Gasteiger partial charge in [0, 0.05) is 17.0 Å². The summed E-state index contributed by atoms with van der Waals surface area (Å²) in [5.74, 6) is 0.686. The van der Waals surface area contributed by atoms with E-state index in [9.17, 15) is 9.18 Å². The van der Waals surface area contributed by atoms with Crippen molar-refractivity contribution < 1.29 is 9.18 Å². The van der Waals surface area contributed by atoms with Crippen LogP contribution in [-0.2, 0) is 4.79 Å². The van der Waals surface area contributed by atoms with E-state index < -0.39 is 0 Å². The molecule has 3 unspecified atom stereocenters. The monoisotopic (exact) mass is 338 g/mol. The zero-order chi connectivity index (χ0) is 16.6. The molecule has 23 heavy (non-hydrogen) atoms. The predicted octanol–water partition coefficient (Wildman–Crippen LogP) is 3.81. The zero-order valence-electron chi connectivity index (χ0n) is 13.4. The quantitative estimate of drug-likeness (QED) is 0.880. The van der Waals surface area contributed by atoms with Gasteiger partial charge in [0.1, 0.15) is 5.82 Å². The number of amides is 1. The number of nitrogens with one attached hydrogen (secondary N) is 1. The first-order valence-corrected chi connectivity index (χ1v) is 8.84. The Bertz CT molecular complexity index is 580. The molecule has 0 radical (unpaired) electrons. The number of benzene rings is 1. The lowest BCUT2D eigenvalue weighted by Gasteiger charge is -2.43. The molecule has 3 atom stereocenters. The molecule has 3 nitrogen and oxygen atoms in total. The van der Waals surface area contributed by atoms with Gasteiger partial charge in [-0.05, 0) is 62.1 Å². The third kappa shape index (κ3) is 3.53. The summed E-state index contributed by atoms with van der Waals surface area (Å²) >= 11 is 6.08. The fourth-order valence-corrected chi connectivity index (χ4v) is 4.60. The Balaban J connectivity index is 1.65. The molecule has 1 aromatic rings. The summed E-state index contributed by atoms with van der Waals surface area (Å²) in [6, 6.07) is 4.31. The number of hydrogen-bond donors (Lipinski definition) is 2. The first kappa shape index (κ1) is 16.7. The molecule has 2 aliphatic carbocycles. The molecule has 5 heteroatoms. The van der Waals surface area contributed by atoms with Crippen LogP contribution in [0.1, 0.15) is 50.6 Å². The van der Waals surface area contributed by atoms with E-state index in [1.54, 1.807) is 6.07 Å². The van der Waals surface area contributed by atoms with Crippen LogP contribution in [0.5, 0.6) is 0 Å². The maximum absolute atomic E-state index is 13.1. The van der Waals surface area contributed by atoms with Crippen molar-refractivity contribution in [2.24, 2.45) is 23.5 Å². The van der Waals surface area contributed by atoms with E-state index in [0.29, 0.717) is 16.9 Å². The number of halogens is 2. The van der Waals surface area contributed by atoms with E-state index in [1.807, 2.05) is 6.92 Å². The summed E-state index contributed by atoms with van der Waals surface area (Å²) < 4.78 is 13.1. The maximum Gasteiger partial charge on any atom is 0.223 e. The van der Waals surface area contributed by atoms with E-state index in [0.717, 1.165) is 31.2 Å². The number of rotatable bonds is 3. The molecular formula is C18H24ClFN2O. The van der Waals surface area contributed by atoms with Crippen LogP contribution < -0.4 is 11.1 Å². The van der Waals surface area contributed by atoms with Crippen LogP contribution in [0.2, 0.25) is 5.02 Å². The van der Waals surface area contributed by atoms with Gasteiger partial charge in [-0.3, -0.25) is 4.79 Å². The van der Waals surface area contributed by atoms with Crippen LogP contribution in [0, 0.1) is 23.6 Å². The van der Waals surface area contributed by atoms with E-state index in [1.165, 1.54) is 18.6 Å². The fraction of sp³-hybridized carbons (Fsp3) is 0.611. The normalized spacial score (nSPS) is 31.5. The Hall–Kier alpha value is -1.13. The van der Waals surface area contributed by atoms with E-state index in [4.69, 9.17) is 17.3 Å². The molecule has 0 spiro atoms. The van der Waals surface area contributed by atoms with Crippen LogP contribution in [0.4, 0.5) is 4.39 Å². The Morgan fingerprint density at radius 2 is 2.00 bits per heavy atom. The Morgan fingerprint density at radius 1 is 1.35 bits per heavy atom. The molecule has 1 amide bonds. The van der Waals surface area contributed by atoms with Crippen molar-refractivity contribution >= 4 is 17.5 Å². The van der Waals surface area contributed by atoms with Crippen molar-refractivity contribution in [2.45, 2.75) is 51.1 Å². The van der Waals surface area contributed by atoms with Crippen molar-refractivity contribution in [1.82, 2.24) is 5.32 Å². The van der Waals surface area contributed by atoms with Crippen molar-refractivity contribution in [3.8, 4) is 0 Å². The molecule has 0 aromatic heterocycles. The molecule has 2 saturated carbocycles. The van der Waals surface area contributed by atoms with Gasteiger partial charge in [-0.25, -0.2) is 4.39 Å². The summed E-state index contributed by atoms with van der Waals surface area (Å²) in [5.41, 5.74) is 7.03. The fourth-order valence-electron chi connectivity index (χ4n) is 4.26. The van der Waals surface area contributed by atoms with Gasteiger partial charge in [-0.1, -0.05) is 24.1 Å². The number of carbonyl (C=O) groups is 1. The van der Waals surface area contributed by atoms with Crippen LogP contribution in [0.3, 0.4) is 0 Å². The average Bonchev–Trinajstić information content (AvgIpc) is 2.46. The third-order valence-electron chi connectivity index (χ3n) is 5.57. The first-order valence-electron chi connectivity index (χ1n) is 8.46. The van der Waals surface area contributed by atoms with Gasteiger partial charge in [0.25, 0.3) is 0 Å². The summed E-state index contributed by atoms with van der Waals surface area (Å²) in [6.07, 6.45) is 5.28. The molecule has 3 N–H and O–H groups in total. The number of nitrogens with two attached hydrogens (primary N) is 1. The highest BCUT2D eigenvalue weighted by Gasteiger charge is 2.40. The summed E-state index contributed by atoms with van der Waals surface area (Å²) in [4.78, 5) is 12.6. The molecule has 0 saturated heterocycles. The zero-order valence-corrected chi connectivity index (χ0v) is 14.2. The van der Waals surface area contributed by atoms with E-state index in [2.05, 4.69) is 5.32 Å². The van der Waals surface area contributed by atoms with Crippen LogP contribution >= 0.6 is 11.6 Å². The van der Waals surface area contributed by atoms with Crippen LogP contribution in [0.15, 0.2) is 18.2 Å². The lowest BCUT2D eigenvalue weighted by Crippen LogP contribution is -2.49. The minimum atomic E-state index is -0.369. The average molecular weight is 339 g/mol. The van der Waals surface area contributed by atoms with Gasteiger partial charge in [-0.15, -0.1) is 0 Å². The van der Waals surface area contributed by atoms with Crippen LogP contribution in [-0.4, -0.2) is 11.9 Å². The Morgan fingerprint density at radius 3 is 2.61 bits per heavy atom. The third-order valence-corrected chi connectivity index (χ3v) is 5.90. The minimum Gasteiger partial charge on any atom is -0.349 e. The number of hydrogen-bond acceptors (Lipinski definition) is 2. The number of fused-ring (bicyclic) bond motifs is 2. The summed E-state index contributed by atoms with van der Waals surface area (Å²) in [5, 5.41) is 3.39. The predicted molar refractivity (Wildman–Crippen MR) is 89.5 cm³/mol. The molecular weight excluding hydrogens is 315 g/mol. The molecule has 2 aliphatic rings. The van der Waals surface area contributed by atoms with Gasteiger partial charge in [0.15, 0.2) is 0 Å². The molecule has 2 fully saturated rings. The topological polar surface area (TPSA) is 55.1 Å². The van der Waals surface area contributed by atoms with Gasteiger partial charge < -0.3 is 11.1 Å². The van der Waals surface area contributed by atoms with Crippen molar-refractivity contribution in [3.63, 3.8) is 0 Å². The molecule has 1 aromatic carbocycles. The standard InChI is InChI=1S/C18H24ClFN2O/c1-10(15-6-5-14(20)9-16(15)19)22-18(23)13-7-11-3-2-4-12(8-13)17(11)21/h5-6,9-13,17H,2-4,7-8,21H2,1H3,(H,22,23). The van der Waals surface area contributed by atoms with Crippen molar-refractivity contribution in [1.29, 1.82) is 0 Å². The van der Waals surface area contributed by atoms with Gasteiger partial charge in [0.05, 0.1) is 6.04 Å². The minimum absolute atomic E-state index is 0.0340.